The normalized spacial score (nSPS) is 46.7. The molecule has 0 N–H and O–H groups in total. The maximum Gasteiger partial charge on any atom is 0.135 e. The summed E-state index contributed by atoms with van der Waals surface area (Å²) in [6.07, 6.45) is 5.01. The summed E-state index contributed by atoms with van der Waals surface area (Å²) in [6.45, 7) is 3.68. The highest BCUT2D eigenvalue weighted by Gasteiger charge is 2.46. The zero-order valence-corrected chi connectivity index (χ0v) is 6.83. The Labute approximate surface area is 66.2 Å². The molecule has 0 amide bonds. The Kier molecular flexibility index (Phi) is 1.25. The van der Waals surface area contributed by atoms with E-state index < -0.39 is 0 Å². The van der Waals surface area contributed by atoms with E-state index in [1.54, 1.807) is 6.92 Å². The fraction of sp³-hybridized carbons (Fsp3) is 0.667. The van der Waals surface area contributed by atoms with Gasteiger partial charge in [-0.05, 0) is 20.3 Å². The van der Waals surface area contributed by atoms with E-state index in [1.807, 2.05) is 13.0 Å². The molecule has 0 radical (unpaired) electrons. The lowest BCUT2D eigenvalue weighted by atomic mass is 9.85. The molecule has 2 rings (SSSR count). The standard InChI is InChI=1S/C9H12O2/c1-6(10)7-5-9(2)4-3-8(7)11-9/h3-4,7-8H,5H2,1-2H3/t7-,8+,9-/m1/s1. The molecular weight excluding hydrogens is 140 g/mol. The number of carbonyl (C=O) groups is 1. The molecule has 2 heterocycles. The van der Waals surface area contributed by atoms with Crippen LogP contribution in [-0.2, 0) is 9.53 Å². The molecule has 2 heteroatoms. The van der Waals surface area contributed by atoms with E-state index in [9.17, 15) is 4.79 Å². The van der Waals surface area contributed by atoms with Gasteiger partial charge in [0.05, 0.1) is 17.6 Å². The fourth-order valence-electron chi connectivity index (χ4n) is 1.95. The topological polar surface area (TPSA) is 26.3 Å². The molecule has 0 aromatic rings. The van der Waals surface area contributed by atoms with Crippen LogP contribution in [0.25, 0.3) is 0 Å². The van der Waals surface area contributed by atoms with Crippen molar-refractivity contribution in [3.8, 4) is 0 Å². The maximum absolute atomic E-state index is 11.1. The summed E-state index contributed by atoms with van der Waals surface area (Å²) in [6, 6.07) is 0. The minimum atomic E-state index is -0.138. The van der Waals surface area contributed by atoms with Crippen LogP contribution in [0.2, 0.25) is 0 Å². The smallest absolute Gasteiger partial charge is 0.135 e. The highest BCUT2D eigenvalue weighted by Crippen LogP contribution is 2.41. The van der Waals surface area contributed by atoms with Crippen LogP contribution in [0.5, 0.6) is 0 Å². The molecular formula is C9H12O2. The van der Waals surface area contributed by atoms with Gasteiger partial charge in [-0.25, -0.2) is 0 Å². The second kappa shape index (κ2) is 1.95. The van der Waals surface area contributed by atoms with Gasteiger partial charge in [0.25, 0.3) is 0 Å². The van der Waals surface area contributed by atoms with Crippen LogP contribution in [-0.4, -0.2) is 17.5 Å². The summed E-state index contributed by atoms with van der Waals surface area (Å²) in [5, 5.41) is 0. The average molecular weight is 152 g/mol. The number of hydrogen-bond donors (Lipinski definition) is 0. The largest absolute Gasteiger partial charge is 0.363 e. The molecule has 2 aliphatic heterocycles. The van der Waals surface area contributed by atoms with Crippen molar-refractivity contribution < 1.29 is 9.53 Å². The lowest BCUT2D eigenvalue weighted by Gasteiger charge is -2.15. The minimum Gasteiger partial charge on any atom is -0.363 e. The molecule has 11 heavy (non-hydrogen) atoms. The third-order valence-corrected chi connectivity index (χ3v) is 2.59. The molecule has 0 unspecified atom stereocenters. The predicted molar refractivity (Wildman–Crippen MR) is 41.2 cm³/mol. The number of Topliss-reactive ketones (excluding diaryl/α,β-unsaturated/α-hetero) is 1. The summed E-state index contributed by atoms with van der Waals surface area (Å²) in [7, 11) is 0. The SMILES string of the molecule is CC(=O)[C@H]1C[C@@]2(C)C=C[C@@H]1O2. The molecule has 2 bridgehead atoms. The van der Waals surface area contributed by atoms with Crippen molar-refractivity contribution in [2.45, 2.75) is 32.0 Å². The van der Waals surface area contributed by atoms with Gasteiger partial charge in [0.15, 0.2) is 0 Å². The Hall–Kier alpha value is -0.630. The molecule has 2 nitrogen and oxygen atoms in total. The van der Waals surface area contributed by atoms with Gasteiger partial charge in [0, 0.05) is 0 Å². The van der Waals surface area contributed by atoms with Crippen molar-refractivity contribution in [1.29, 1.82) is 0 Å². The highest BCUT2D eigenvalue weighted by molar-refractivity contribution is 5.80. The molecule has 0 saturated carbocycles. The number of hydrogen-bond acceptors (Lipinski definition) is 2. The van der Waals surface area contributed by atoms with Crippen molar-refractivity contribution in [1.82, 2.24) is 0 Å². The van der Waals surface area contributed by atoms with Crippen molar-refractivity contribution >= 4 is 5.78 Å². The van der Waals surface area contributed by atoms with E-state index in [0.29, 0.717) is 0 Å². The van der Waals surface area contributed by atoms with E-state index in [-0.39, 0.29) is 23.4 Å². The second-order valence-corrected chi connectivity index (χ2v) is 3.68. The van der Waals surface area contributed by atoms with Crippen LogP contribution in [0.4, 0.5) is 0 Å². The van der Waals surface area contributed by atoms with Crippen molar-refractivity contribution in [2.24, 2.45) is 5.92 Å². The Morgan fingerprint density at radius 2 is 2.45 bits per heavy atom. The van der Waals surface area contributed by atoms with Crippen LogP contribution in [0.3, 0.4) is 0 Å². The molecule has 60 valence electrons. The van der Waals surface area contributed by atoms with Crippen LogP contribution in [0, 0.1) is 5.92 Å². The lowest BCUT2D eigenvalue weighted by Crippen LogP contribution is -2.22. The zero-order chi connectivity index (χ0) is 8.06. The van der Waals surface area contributed by atoms with Gasteiger partial charge in [-0.15, -0.1) is 0 Å². The first-order chi connectivity index (χ1) is 5.11. The molecule has 0 aromatic heterocycles. The second-order valence-electron chi connectivity index (χ2n) is 3.68. The van der Waals surface area contributed by atoms with Crippen molar-refractivity contribution in [3.63, 3.8) is 0 Å². The summed E-state index contributed by atoms with van der Waals surface area (Å²) < 4.78 is 5.60. The van der Waals surface area contributed by atoms with Gasteiger partial charge in [-0.1, -0.05) is 12.2 Å². The molecule has 0 aromatic carbocycles. The first kappa shape index (κ1) is 7.04. The first-order valence-electron chi connectivity index (χ1n) is 3.98. The Balaban J connectivity index is 2.23. The molecule has 0 aliphatic carbocycles. The molecule has 2 aliphatic rings. The van der Waals surface area contributed by atoms with Gasteiger partial charge < -0.3 is 4.74 Å². The van der Waals surface area contributed by atoms with E-state index in [1.165, 1.54) is 0 Å². The number of carbonyl (C=O) groups excluding carboxylic acids is 1. The van der Waals surface area contributed by atoms with Crippen LogP contribution in [0.15, 0.2) is 12.2 Å². The van der Waals surface area contributed by atoms with Gasteiger partial charge in [-0.2, -0.15) is 0 Å². The fourth-order valence-corrected chi connectivity index (χ4v) is 1.95. The maximum atomic E-state index is 11.1. The third-order valence-electron chi connectivity index (χ3n) is 2.59. The van der Waals surface area contributed by atoms with E-state index in [4.69, 9.17) is 4.74 Å². The summed E-state index contributed by atoms with van der Waals surface area (Å²) in [5.41, 5.74) is -0.138. The highest BCUT2D eigenvalue weighted by atomic mass is 16.5. The summed E-state index contributed by atoms with van der Waals surface area (Å²) in [5.74, 6) is 0.369. The molecule has 0 spiro atoms. The monoisotopic (exact) mass is 152 g/mol. The van der Waals surface area contributed by atoms with Gasteiger partial charge >= 0.3 is 0 Å². The van der Waals surface area contributed by atoms with Crippen LogP contribution < -0.4 is 0 Å². The Morgan fingerprint density at radius 1 is 1.73 bits per heavy atom. The van der Waals surface area contributed by atoms with Crippen molar-refractivity contribution in [3.05, 3.63) is 12.2 Å². The molecule has 1 fully saturated rings. The zero-order valence-electron chi connectivity index (χ0n) is 6.83. The van der Waals surface area contributed by atoms with Gasteiger partial charge in [-0.3, -0.25) is 4.79 Å². The number of rotatable bonds is 1. The van der Waals surface area contributed by atoms with E-state index in [0.717, 1.165) is 6.42 Å². The van der Waals surface area contributed by atoms with E-state index >= 15 is 0 Å². The summed E-state index contributed by atoms with van der Waals surface area (Å²) >= 11 is 0. The summed E-state index contributed by atoms with van der Waals surface area (Å²) in [4.78, 5) is 11.1. The Morgan fingerprint density at radius 3 is 2.73 bits per heavy atom. The number of fused-ring (bicyclic) bond motifs is 2. The minimum absolute atomic E-state index is 0.0671. The predicted octanol–water partition coefficient (Wildman–Crippen LogP) is 1.31. The average Bonchev–Trinajstić information content (AvgIpc) is 2.41. The van der Waals surface area contributed by atoms with Crippen LogP contribution in [0.1, 0.15) is 20.3 Å². The lowest BCUT2D eigenvalue weighted by molar-refractivity contribution is -0.121. The van der Waals surface area contributed by atoms with Crippen LogP contribution >= 0.6 is 0 Å². The number of ether oxygens (including phenoxy) is 1. The van der Waals surface area contributed by atoms with Gasteiger partial charge in [0.1, 0.15) is 5.78 Å². The molecule has 3 atom stereocenters. The Bertz CT molecular complexity index is 232. The third kappa shape index (κ3) is 0.932. The van der Waals surface area contributed by atoms with E-state index in [2.05, 4.69) is 6.08 Å². The number of ketones is 1. The van der Waals surface area contributed by atoms with Crippen molar-refractivity contribution in [2.75, 3.05) is 0 Å². The molecule has 1 saturated heterocycles. The first-order valence-corrected chi connectivity index (χ1v) is 3.98. The van der Waals surface area contributed by atoms with Gasteiger partial charge in [0.2, 0.25) is 0 Å². The quantitative estimate of drug-likeness (QED) is 0.529.